The zero-order chi connectivity index (χ0) is 21.1. The summed E-state index contributed by atoms with van der Waals surface area (Å²) in [6.07, 6.45) is 5.97. The number of anilines is 1. The minimum Gasteiger partial charge on any atom is -0.339 e. The molecule has 2 aliphatic heterocycles. The molecule has 1 aromatic heterocycles. The van der Waals surface area contributed by atoms with Crippen LogP contribution in [0.3, 0.4) is 0 Å². The highest BCUT2D eigenvalue weighted by molar-refractivity contribution is 5.94. The van der Waals surface area contributed by atoms with Crippen LogP contribution in [0.15, 0.2) is 48.8 Å². The molecule has 2 atom stereocenters. The van der Waals surface area contributed by atoms with Crippen molar-refractivity contribution in [3.8, 4) is 0 Å². The number of halogens is 1. The highest BCUT2D eigenvalue weighted by atomic mass is 19.1. The lowest BCUT2D eigenvalue weighted by molar-refractivity contribution is -0.119. The number of carbonyl (C=O) groups excluding carboxylic acids is 2. The van der Waals surface area contributed by atoms with Gasteiger partial charge >= 0.3 is 0 Å². The number of hydrogen-bond acceptors (Lipinski definition) is 4. The Morgan fingerprint density at radius 2 is 1.87 bits per heavy atom. The van der Waals surface area contributed by atoms with Crippen LogP contribution in [0.4, 0.5) is 10.1 Å². The van der Waals surface area contributed by atoms with Gasteiger partial charge in [-0.25, -0.2) is 4.39 Å². The van der Waals surface area contributed by atoms with E-state index in [4.69, 9.17) is 0 Å². The summed E-state index contributed by atoms with van der Waals surface area (Å²) in [6.45, 7) is 2.18. The van der Waals surface area contributed by atoms with Crippen molar-refractivity contribution >= 4 is 17.5 Å². The van der Waals surface area contributed by atoms with Crippen LogP contribution in [0.25, 0.3) is 0 Å². The molecule has 30 heavy (non-hydrogen) atoms. The Hall–Kier alpha value is -2.80. The fourth-order valence-corrected chi connectivity index (χ4v) is 4.71. The van der Waals surface area contributed by atoms with Crippen molar-refractivity contribution in [2.24, 2.45) is 11.8 Å². The summed E-state index contributed by atoms with van der Waals surface area (Å²) in [5.74, 6) is 0.0942. The lowest BCUT2D eigenvalue weighted by atomic mass is 9.86. The molecule has 3 heterocycles. The van der Waals surface area contributed by atoms with Crippen molar-refractivity contribution in [3.05, 3.63) is 60.2 Å². The molecule has 158 valence electrons. The zero-order valence-corrected chi connectivity index (χ0v) is 17.1. The van der Waals surface area contributed by atoms with Crippen LogP contribution in [-0.4, -0.2) is 59.3 Å². The van der Waals surface area contributed by atoms with Gasteiger partial charge in [0.15, 0.2) is 0 Å². The van der Waals surface area contributed by atoms with E-state index in [-0.39, 0.29) is 23.5 Å². The average Bonchev–Trinajstić information content (AvgIpc) is 3.17. The normalized spacial score (nSPS) is 22.8. The van der Waals surface area contributed by atoms with Gasteiger partial charge in [0.25, 0.3) is 5.91 Å². The fourth-order valence-electron chi connectivity index (χ4n) is 4.71. The minimum atomic E-state index is -0.318. The summed E-state index contributed by atoms with van der Waals surface area (Å²) in [5, 5.41) is 2.90. The van der Waals surface area contributed by atoms with E-state index >= 15 is 0 Å². The van der Waals surface area contributed by atoms with Gasteiger partial charge in [-0.05, 0) is 68.6 Å². The van der Waals surface area contributed by atoms with Gasteiger partial charge in [0.05, 0.1) is 11.5 Å². The number of amides is 2. The molecular formula is C23H27FN4O2. The van der Waals surface area contributed by atoms with E-state index in [1.165, 1.54) is 12.1 Å². The molecule has 0 spiro atoms. The van der Waals surface area contributed by atoms with E-state index in [0.717, 1.165) is 32.4 Å². The molecule has 0 bridgehead atoms. The largest absolute Gasteiger partial charge is 0.339 e. The Morgan fingerprint density at radius 3 is 2.53 bits per heavy atom. The van der Waals surface area contributed by atoms with Crippen LogP contribution in [0.2, 0.25) is 0 Å². The number of likely N-dealkylation sites (tertiary alicyclic amines) is 2. The highest BCUT2D eigenvalue weighted by Gasteiger charge is 2.39. The summed E-state index contributed by atoms with van der Waals surface area (Å²) < 4.78 is 13.1. The van der Waals surface area contributed by atoms with Crippen LogP contribution < -0.4 is 5.32 Å². The molecule has 2 amide bonds. The topological polar surface area (TPSA) is 65.5 Å². The summed E-state index contributed by atoms with van der Waals surface area (Å²) in [5.41, 5.74) is 1.25. The summed E-state index contributed by atoms with van der Waals surface area (Å²) in [6, 6.07) is 9.78. The van der Waals surface area contributed by atoms with Crippen LogP contribution in [-0.2, 0) is 4.79 Å². The number of nitrogens with one attached hydrogen (secondary N) is 1. The Bertz CT molecular complexity index is 882. The molecule has 0 aliphatic carbocycles. The average molecular weight is 410 g/mol. The molecule has 2 saturated heterocycles. The molecule has 2 aromatic rings. The first-order valence-electron chi connectivity index (χ1n) is 10.5. The number of hydrogen-bond donors (Lipinski definition) is 1. The van der Waals surface area contributed by atoms with Crippen molar-refractivity contribution in [1.29, 1.82) is 0 Å². The minimum absolute atomic E-state index is 0.0138. The monoisotopic (exact) mass is 410 g/mol. The first kappa shape index (κ1) is 20.5. The molecule has 6 nitrogen and oxygen atoms in total. The van der Waals surface area contributed by atoms with Gasteiger partial charge in [-0.2, -0.15) is 0 Å². The Balaban J connectivity index is 1.30. The third kappa shape index (κ3) is 4.51. The van der Waals surface area contributed by atoms with Crippen molar-refractivity contribution in [2.75, 3.05) is 32.0 Å². The second-order valence-corrected chi connectivity index (χ2v) is 8.31. The number of aromatic nitrogens is 1. The third-order valence-electron chi connectivity index (χ3n) is 6.36. The van der Waals surface area contributed by atoms with E-state index in [1.54, 1.807) is 36.7 Å². The molecule has 2 aliphatic rings. The highest BCUT2D eigenvalue weighted by Crippen LogP contribution is 2.33. The van der Waals surface area contributed by atoms with Gasteiger partial charge in [0, 0.05) is 43.8 Å². The maximum absolute atomic E-state index is 13.1. The molecule has 0 saturated carbocycles. The molecule has 7 heteroatoms. The predicted molar refractivity (Wildman–Crippen MR) is 112 cm³/mol. The maximum atomic E-state index is 13.1. The first-order valence-corrected chi connectivity index (χ1v) is 10.5. The van der Waals surface area contributed by atoms with Gasteiger partial charge < -0.3 is 15.1 Å². The standard InChI is InChI=1S/C23H27FN4O2/c1-27-15-18(22(29)26-20-6-4-19(24)5-7-20)13-21(27)16-8-11-28(12-9-16)23(30)17-3-2-10-25-14-17/h2-7,10,14,16,18,21H,8-9,11-13,15H2,1H3,(H,26,29)/t18-,21+/m0/s1. The number of pyridine rings is 1. The third-order valence-corrected chi connectivity index (χ3v) is 6.36. The molecule has 1 aromatic carbocycles. The van der Waals surface area contributed by atoms with E-state index in [1.807, 2.05) is 4.90 Å². The van der Waals surface area contributed by atoms with Crippen LogP contribution in [0, 0.1) is 17.7 Å². The van der Waals surface area contributed by atoms with Gasteiger partial charge in [-0.3, -0.25) is 14.6 Å². The number of nitrogens with zero attached hydrogens (tertiary/aromatic N) is 3. The fraction of sp³-hybridized carbons (Fsp3) is 0.435. The van der Waals surface area contributed by atoms with Crippen LogP contribution in [0.1, 0.15) is 29.6 Å². The Kier molecular flexibility index (Phi) is 6.08. The van der Waals surface area contributed by atoms with Crippen molar-refractivity contribution < 1.29 is 14.0 Å². The summed E-state index contributed by atoms with van der Waals surface area (Å²) in [4.78, 5) is 33.5. The first-order chi connectivity index (χ1) is 14.5. The van der Waals surface area contributed by atoms with Gasteiger partial charge in [0.2, 0.25) is 5.91 Å². The van der Waals surface area contributed by atoms with E-state index in [9.17, 15) is 14.0 Å². The van der Waals surface area contributed by atoms with Crippen molar-refractivity contribution in [3.63, 3.8) is 0 Å². The maximum Gasteiger partial charge on any atom is 0.255 e. The lowest BCUT2D eigenvalue weighted by Gasteiger charge is -2.37. The molecule has 1 N–H and O–H groups in total. The van der Waals surface area contributed by atoms with E-state index in [2.05, 4.69) is 22.2 Å². The molecule has 0 radical (unpaired) electrons. The number of carbonyl (C=O) groups is 2. The molecule has 2 fully saturated rings. The number of benzene rings is 1. The Labute approximate surface area is 176 Å². The smallest absolute Gasteiger partial charge is 0.255 e. The number of piperidine rings is 1. The second-order valence-electron chi connectivity index (χ2n) is 8.31. The summed E-state index contributed by atoms with van der Waals surface area (Å²) >= 11 is 0. The molecule has 0 unspecified atom stereocenters. The van der Waals surface area contributed by atoms with E-state index < -0.39 is 0 Å². The molecular weight excluding hydrogens is 383 g/mol. The quantitative estimate of drug-likeness (QED) is 0.842. The predicted octanol–water partition coefficient (Wildman–Crippen LogP) is 3.03. The Morgan fingerprint density at radius 1 is 1.13 bits per heavy atom. The number of rotatable bonds is 4. The van der Waals surface area contributed by atoms with E-state index in [0.29, 0.717) is 29.8 Å². The van der Waals surface area contributed by atoms with Crippen LogP contribution in [0.5, 0.6) is 0 Å². The second kappa shape index (κ2) is 8.92. The molecule has 4 rings (SSSR count). The summed E-state index contributed by atoms with van der Waals surface area (Å²) in [7, 11) is 2.07. The lowest BCUT2D eigenvalue weighted by Crippen LogP contribution is -2.43. The van der Waals surface area contributed by atoms with Crippen molar-refractivity contribution in [2.45, 2.75) is 25.3 Å². The van der Waals surface area contributed by atoms with Gasteiger partial charge in [0.1, 0.15) is 5.82 Å². The zero-order valence-electron chi connectivity index (χ0n) is 17.1. The van der Waals surface area contributed by atoms with Gasteiger partial charge in [-0.15, -0.1) is 0 Å². The van der Waals surface area contributed by atoms with Crippen molar-refractivity contribution in [1.82, 2.24) is 14.8 Å². The van der Waals surface area contributed by atoms with Gasteiger partial charge in [-0.1, -0.05) is 0 Å². The SMILES string of the molecule is CN1C[C@@H](C(=O)Nc2ccc(F)cc2)C[C@@H]1C1CCN(C(=O)c2cccnc2)CC1. The van der Waals surface area contributed by atoms with Crippen LogP contribution >= 0.6 is 0 Å².